The molecule has 5 fully saturated rings. The molecule has 0 spiro atoms. The molecule has 5 unspecified atom stereocenters. The number of allylic oxidation sites excluding steroid dienone is 5. The summed E-state index contributed by atoms with van der Waals surface area (Å²) in [5.41, 5.74) is 3.68. The van der Waals surface area contributed by atoms with Crippen molar-refractivity contribution in [3.05, 3.63) is 49.1 Å². The van der Waals surface area contributed by atoms with Crippen LogP contribution in [-0.4, -0.2) is 63.4 Å². The van der Waals surface area contributed by atoms with Crippen molar-refractivity contribution in [2.75, 3.05) is 32.4 Å². The van der Waals surface area contributed by atoms with Gasteiger partial charge in [0.05, 0.1) is 5.41 Å². The van der Waals surface area contributed by atoms with E-state index in [0.717, 1.165) is 75.5 Å². The molecule has 1 saturated heterocycles. The van der Waals surface area contributed by atoms with E-state index < -0.39 is 22.2 Å². The van der Waals surface area contributed by atoms with E-state index in [2.05, 4.69) is 69.8 Å². The Morgan fingerprint density at radius 2 is 1.60 bits per heavy atom. The highest BCUT2D eigenvalue weighted by Gasteiger charge is 2.65. The van der Waals surface area contributed by atoms with Crippen molar-refractivity contribution < 1.29 is 14.1 Å². The van der Waals surface area contributed by atoms with E-state index in [-0.39, 0.29) is 5.41 Å². The first kappa shape index (κ1) is 41.7. The summed E-state index contributed by atoms with van der Waals surface area (Å²) in [6.45, 7) is 28.2. The number of nitrogens with zero attached hydrogens (tertiary/aromatic N) is 1. The molecule has 5 nitrogen and oxygen atoms in total. The summed E-state index contributed by atoms with van der Waals surface area (Å²) in [7, 11) is -0.671. The highest BCUT2D eigenvalue weighted by atomic mass is 32.2. The quantitative estimate of drug-likeness (QED) is 0.255. The molecule has 7 rings (SSSR count). The number of hydrogen-bond acceptors (Lipinski definition) is 4. The van der Waals surface area contributed by atoms with Crippen LogP contribution >= 0.6 is 0 Å². The zero-order valence-corrected chi connectivity index (χ0v) is 35.2. The van der Waals surface area contributed by atoms with Gasteiger partial charge in [0.1, 0.15) is 0 Å². The van der Waals surface area contributed by atoms with Crippen molar-refractivity contribution in [1.29, 1.82) is 0 Å². The zero-order chi connectivity index (χ0) is 38.1. The van der Waals surface area contributed by atoms with E-state index in [1.54, 1.807) is 11.6 Å². The van der Waals surface area contributed by atoms with Crippen LogP contribution in [0, 0.1) is 51.2 Å². The number of carbonyl (C=O) groups is 1. The first-order valence-corrected chi connectivity index (χ1v) is 22.8. The van der Waals surface area contributed by atoms with Crippen molar-refractivity contribution in [2.24, 2.45) is 51.2 Å². The molecule has 1 aliphatic heterocycles. The van der Waals surface area contributed by atoms with E-state index in [9.17, 15) is 14.1 Å². The first-order valence-electron chi connectivity index (χ1n) is 21.2. The Morgan fingerprint density at radius 3 is 2.21 bits per heavy atom. The summed E-state index contributed by atoms with van der Waals surface area (Å²) >= 11 is 0. The predicted octanol–water partition coefficient (Wildman–Crippen LogP) is 10.4. The number of fused-ring (bicyclic) bond motifs is 7. The second-order valence-electron chi connectivity index (χ2n) is 19.4. The highest BCUT2D eigenvalue weighted by molar-refractivity contribution is 7.84. The van der Waals surface area contributed by atoms with E-state index >= 15 is 0 Å². The molecule has 0 amide bonds. The number of hydrogen-bond donors (Lipinski definition) is 2. The summed E-state index contributed by atoms with van der Waals surface area (Å²) in [4.78, 5) is 14.6. The molecule has 52 heavy (non-hydrogen) atoms. The van der Waals surface area contributed by atoms with Crippen LogP contribution in [0.25, 0.3) is 0 Å². The third kappa shape index (κ3) is 7.41. The van der Waals surface area contributed by atoms with Crippen molar-refractivity contribution >= 4 is 16.8 Å². The lowest BCUT2D eigenvalue weighted by Crippen LogP contribution is -2.64. The molecule has 6 aliphatic carbocycles. The zero-order valence-electron chi connectivity index (χ0n) is 34.4. The van der Waals surface area contributed by atoms with Crippen LogP contribution in [-0.2, 0) is 15.6 Å². The Morgan fingerprint density at radius 1 is 0.904 bits per heavy atom. The Labute approximate surface area is 321 Å². The minimum absolute atomic E-state index is 0.133. The summed E-state index contributed by atoms with van der Waals surface area (Å²) in [6, 6.07) is 0. The average Bonchev–Trinajstić information content (AvgIpc) is 3.54. The Balaban J connectivity index is 0.000000995. The summed E-state index contributed by atoms with van der Waals surface area (Å²) < 4.78 is 12.0. The van der Waals surface area contributed by atoms with E-state index in [1.165, 1.54) is 69.8 Å². The Kier molecular flexibility index (Phi) is 13.1. The SMILES string of the molecule is C=C.C=CC.CS(=O)C1CCN(CCN[C@]23CCC[C@@H]2[C@H]2CCC4[C@@](C)(CCC5C(C)(C)C(C6=CCC(C)(C(=O)O)CC6)=CC[C@@]54C)C2CC3)CC1. The van der Waals surface area contributed by atoms with Crippen LogP contribution in [0.5, 0.6) is 0 Å². The predicted molar refractivity (Wildman–Crippen MR) is 221 cm³/mol. The van der Waals surface area contributed by atoms with Gasteiger partial charge in [-0.25, -0.2) is 0 Å². The van der Waals surface area contributed by atoms with Gasteiger partial charge in [0, 0.05) is 40.9 Å². The summed E-state index contributed by atoms with van der Waals surface area (Å²) in [5, 5.41) is 14.5. The Bertz CT molecular complexity index is 1380. The first-order chi connectivity index (χ1) is 24.6. The van der Waals surface area contributed by atoms with Crippen LogP contribution in [0.3, 0.4) is 0 Å². The van der Waals surface area contributed by atoms with Gasteiger partial charge in [-0.1, -0.05) is 52.3 Å². The standard InChI is InChI=1S/C41H66N2O3S.C3H6.C2H4/c1-37(2)31(28-11-19-38(3,20-12-28)36(44)45)13-21-40(5)34(37)15-22-39(4)32-14-23-41(18-7-8-33(41)30(32)9-10-35(39)40)42-24-27-43-25-16-29(17-26-43)47(6)46;1-3-2;1-2/h11,13,29-30,32-35,42H,7-10,12,14-27H2,1-6H3,(H,44,45);3H,1H2,2H3;1-2H2/t30-,32?,33+,34?,35?,38?,39-,40-,41-,47?;;/m0../s1. The molecule has 0 aromatic heterocycles. The molecule has 10 atom stereocenters. The number of nitrogens with one attached hydrogen (secondary N) is 1. The normalized spacial score (nSPS) is 41.8. The van der Waals surface area contributed by atoms with Crippen molar-refractivity contribution in [1.82, 2.24) is 10.2 Å². The van der Waals surface area contributed by atoms with Gasteiger partial charge in [-0.3, -0.25) is 9.00 Å². The fourth-order valence-electron chi connectivity index (χ4n) is 14.0. The van der Waals surface area contributed by atoms with Crippen LogP contribution < -0.4 is 5.32 Å². The molecule has 4 saturated carbocycles. The second-order valence-corrected chi connectivity index (χ2v) is 21.1. The lowest BCUT2D eigenvalue weighted by molar-refractivity contribution is -0.175. The molecule has 2 N–H and O–H groups in total. The molecule has 0 aromatic carbocycles. The maximum Gasteiger partial charge on any atom is 0.309 e. The molecule has 6 heteroatoms. The minimum atomic E-state index is -0.671. The van der Waals surface area contributed by atoms with Crippen LogP contribution in [0.15, 0.2) is 49.1 Å². The second kappa shape index (κ2) is 16.3. The maximum absolute atomic E-state index is 12.0. The molecule has 0 radical (unpaired) electrons. The molecular formula is C46H76N2O3S. The number of carboxylic acid groups (broad SMARTS) is 1. The number of rotatable bonds is 7. The summed E-state index contributed by atoms with van der Waals surface area (Å²) in [5.74, 6) is 3.45. The molecular weight excluding hydrogens is 661 g/mol. The molecule has 1 heterocycles. The third-order valence-corrected chi connectivity index (χ3v) is 18.0. The smallest absolute Gasteiger partial charge is 0.309 e. The lowest BCUT2D eigenvalue weighted by atomic mass is 9.37. The van der Waals surface area contributed by atoms with Gasteiger partial charge in [0.2, 0.25) is 0 Å². The van der Waals surface area contributed by atoms with Gasteiger partial charge in [-0.15, -0.1) is 19.7 Å². The van der Waals surface area contributed by atoms with Gasteiger partial charge in [0.15, 0.2) is 0 Å². The average molecular weight is 737 g/mol. The minimum Gasteiger partial charge on any atom is -0.481 e. The van der Waals surface area contributed by atoms with Crippen LogP contribution in [0.2, 0.25) is 0 Å². The third-order valence-electron chi connectivity index (χ3n) is 16.6. The van der Waals surface area contributed by atoms with Crippen LogP contribution in [0.4, 0.5) is 0 Å². The number of likely N-dealkylation sites (tertiary alicyclic amines) is 1. The topological polar surface area (TPSA) is 69.6 Å². The lowest BCUT2D eigenvalue weighted by Gasteiger charge is -2.68. The molecule has 294 valence electrons. The van der Waals surface area contributed by atoms with Gasteiger partial charge >= 0.3 is 5.97 Å². The number of aliphatic carboxylic acids is 1. The van der Waals surface area contributed by atoms with Gasteiger partial charge in [-0.05, 0) is 174 Å². The number of piperidine rings is 1. The molecule has 0 aromatic rings. The van der Waals surface area contributed by atoms with E-state index in [0.29, 0.717) is 34.0 Å². The number of carboxylic acids is 1. The van der Waals surface area contributed by atoms with E-state index in [1.807, 2.05) is 20.1 Å². The van der Waals surface area contributed by atoms with Crippen molar-refractivity contribution in [2.45, 2.75) is 149 Å². The fourth-order valence-corrected chi connectivity index (χ4v) is 14.9. The Hall–Kier alpha value is -1.50. The fraction of sp³-hybridized carbons (Fsp3) is 0.804. The van der Waals surface area contributed by atoms with Crippen molar-refractivity contribution in [3.63, 3.8) is 0 Å². The van der Waals surface area contributed by atoms with Gasteiger partial charge in [-0.2, -0.15) is 0 Å². The van der Waals surface area contributed by atoms with Crippen LogP contribution in [0.1, 0.15) is 138 Å². The van der Waals surface area contributed by atoms with E-state index in [4.69, 9.17) is 0 Å². The van der Waals surface area contributed by atoms with Gasteiger partial charge < -0.3 is 15.3 Å². The largest absolute Gasteiger partial charge is 0.481 e. The monoisotopic (exact) mass is 737 g/mol. The van der Waals surface area contributed by atoms with Gasteiger partial charge in [0.25, 0.3) is 0 Å². The highest BCUT2D eigenvalue weighted by Crippen LogP contribution is 2.72. The van der Waals surface area contributed by atoms with Crippen molar-refractivity contribution in [3.8, 4) is 0 Å². The molecule has 7 aliphatic rings. The maximum atomic E-state index is 12.0. The summed E-state index contributed by atoms with van der Waals surface area (Å²) in [6.07, 6.45) is 26.8. The molecule has 0 bridgehead atoms.